The molecule has 2 aromatic carbocycles. The van der Waals surface area contributed by atoms with Gasteiger partial charge in [-0.2, -0.15) is 0 Å². The maximum absolute atomic E-state index is 12.7. The number of methoxy groups -OCH3 is 2. The lowest BCUT2D eigenvalue weighted by molar-refractivity contribution is -0.146. The number of fused-ring (bicyclic) bond motifs is 1. The van der Waals surface area contributed by atoms with E-state index < -0.39 is 12.1 Å². The fourth-order valence-electron chi connectivity index (χ4n) is 3.00. The third-order valence-electron chi connectivity index (χ3n) is 4.58. The Balaban J connectivity index is 1.63. The normalized spacial score (nSPS) is 11.7. The highest BCUT2D eigenvalue weighted by Gasteiger charge is 2.23. The average molecular weight is 410 g/mol. The first-order chi connectivity index (χ1) is 14.4. The third kappa shape index (κ3) is 4.65. The van der Waals surface area contributed by atoms with Crippen molar-refractivity contribution < 1.29 is 23.8 Å². The fourth-order valence-corrected chi connectivity index (χ4v) is 3.00. The number of benzene rings is 2. The van der Waals surface area contributed by atoms with Crippen LogP contribution in [0.25, 0.3) is 10.9 Å². The molecule has 1 heterocycles. The molecule has 0 spiro atoms. The van der Waals surface area contributed by atoms with E-state index >= 15 is 0 Å². The summed E-state index contributed by atoms with van der Waals surface area (Å²) in [5.41, 5.74) is 0.581. The highest BCUT2D eigenvalue weighted by molar-refractivity contribution is 6.02. The predicted octanol–water partition coefficient (Wildman–Crippen LogP) is 2.69. The van der Waals surface area contributed by atoms with Crippen molar-refractivity contribution in [3.63, 3.8) is 0 Å². The van der Waals surface area contributed by atoms with Gasteiger partial charge in [0.1, 0.15) is 17.3 Å². The molecule has 0 aliphatic carbocycles. The van der Waals surface area contributed by atoms with Crippen LogP contribution in [-0.4, -0.2) is 42.0 Å². The molecular formula is C22H22N2O6. The molecular weight excluding hydrogens is 388 g/mol. The Hall–Kier alpha value is -3.68. The van der Waals surface area contributed by atoms with Gasteiger partial charge in [0, 0.05) is 12.5 Å². The lowest BCUT2D eigenvalue weighted by atomic mass is 10.1. The van der Waals surface area contributed by atoms with Gasteiger partial charge in [-0.1, -0.05) is 12.1 Å². The first-order valence-electron chi connectivity index (χ1n) is 9.36. The average Bonchev–Trinajstić information content (AvgIpc) is 2.76. The van der Waals surface area contributed by atoms with E-state index in [2.05, 4.69) is 9.97 Å². The van der Waals surface area contributed by atoms with E-state index in [0.29, 0.717) is 33.8 Å². The lowest BCUT2D eigenvalue weighted by Gasteiger charge is -2.15. The van der Waals surface area contributed by atoms with E-state index in [0.717, 1.165) is 0 Å². The maximum Gasteiger partial charge on any atom is 0.306 e. The predicted molar refractivity (Wildman–Crippen MR) is 110 cm³/mol. The number of Topliss-reactive ketones (excluding diaryl/α,β-unsaturated/α-hetero) is 1. The summed E-state index contributed by atoms with van der Waals surface area (Å²) < 4.78 is 15.6. The molecule has 3 aromatic rings. The molecule has 0 unspecified atom stereocenters. The second-order valence-corrected chi connectivity index (χ2v) is 6.59. The highest BCUT2D eigenvalue weighted by Crippen LogP contribution is 2.26. The number of aryl methyl sites for hydroxylation is 1. The van der Waals surface area contributed by atoms with Gasteiger partial charge in [-0.15, -0.1) is 0 Å². The van der Waals surface area contributed by atoms with Crippen LogP contribution in [0.3, 0.4) is 0 Å². The zero-order valence-electron chi connectivity index (χ0n) is 16.9. The molecule has 156 valence electrons. The maximum atomic E-state index is 12.7. The topological polar surface area (TPSA) is 108 Å². The van der Waals surface area contributed by atoms with Crippen LogP contribution in [0.1, 0.15) is 29.5 Å². The van der Waals surface area contributed by atoms with Crippen LogP contribution in [0, 0.1) is 0 Å². The van der Waals surface area contributed by atoms with Crippen molar-refractivity contribution in [3.8, 4) is 11.5 Å². The van der Waals surface area contributed by atoms with Gasteiger partial charge in [-0.05, 0) is 31.2 Å². The molecule has 8 heteroatoms. The van der Waals surface area contributed by atoms with Crippen molar-refractivity contribution in [2.24, 2.45) is 0 Å². The molecule has 8 nitrogen and oxygen atoms in total. The number of aromatic nitrogens is 2. The van der Waals surface area contributed by atoms with Crippen LogP contribution in [0.5, 0.6) is 11.5 Å². The monoisotopic (exact) mass is 410 g/mol. The zero-order chi connectivity index (χ0) is 21.7. The van der Waals surface area contributed by atoms with Crippen LogP contribution >= 0.6 is 0 Å². The van der Waals surface area contributed by atoms with Gasteiger partial charge < -0.3 is 19.2 Å². The SMILES string of the molecule is COc1ccc(C(=O)[C@@H](C)OC(=O)CCc2nc3ccccc3c(=O)[nH]2)c(OC)c1. The van der Waals surface area contributed by atoms with Crippen molar-refractivity contribution in [2.75, 3.05) is 14.2 Å². The van der Waals surface area contributed by atoms with Crippen molar-refractivity contribution >= 4 is 22.7 Å². The summed E-state index contributed by atoms with van der Waals surface area (Å²) in [6.45, 7) is 1.50. The summed E-state index contributed by atoms with van der Waals surface area (Å²) in [6.07, 6.45) is -0.840. The molecule has 1 atom stereocenters. The number of ether oxygens (including phenoxy) is 3. The second-order valence-electron chi connectivity index (χ2n) is 6.59. The number of carbonyl (C=O) groups is 2. The first kappa shape index (κ1) is 21.0. The number of hydrogen-bond donors (Lipinski definition) is 1. The first-order valence-corrected chi connectivity index (χ1v) is 9.36. The van der Waals surface area contributed by atoms with Gasteiger partial charge in [0.05, 0.1) is 37.1 Å². The van der Waals surface area contributed by atoms with Crippen molar-refractivity contribution in [1.82, 2.24) is 9.97 Å². The molecule has 30 heavy (non-hydrogen) atoms. The Bertz CT molecular complexity index is 1140. The summed E-state index contributed by atoms with van der Waals surface area (Å²) >= 11 is 0. The molecule has 0 fully saturated rings. The van der Waals surface area contributed by atoms with Gasteiger partial charge in [0.2, 0.25) is 5.78 Å². The Morgan fingerprint density at radius 1 is 1.10 bits per heavy atom. The number of para-hydroxylation sites is 1. The van der Waals surface area contributed by atoms with Gasteiger partial charge in [-0.3, -0.25) is 14.4 Å². The number of ketones is 1. The summed E-state index contributed by atoms with van der Waals surface area (Å²) in [7, 11) is 2.96. The smallest absolute Gasteiger partial charge is 0.306 e. The van der Waals surface area contributed by atoms with Crippen LogP contribution in [0.2, 0.25) is 0 Å². The van der Waals surface area contributed by atoms with E-state index in [1.807, 2.05) is 0 Å². The number of hydrogen-bond acceptors (Lipinski definition) is 7. The third-order valence-corrected chi connectivity index (χ3v) is 4.58. The Kier molecular flexibility index (Phi) is 6.46. The molecule has 1 N–H and O–H groups in total. The summed E-state index contributed by atoms with van der Waals surface area (Å²) in [5.74, 6) is 0.302. The van der Waals surface area contributed by atoms with E-state index in [4.69, 9.17) is 14.2 Å². The molecule has 0 amide bonds. The molecule has 0 saturated heterocycles. The molecule has 0 bridgehead atoms. The van der Waals surface area contributed by atoms with Crippen molar-refractivity contribution in [3.05, 3.63) is 64.2 Å². The number of esters is 1. The van der Waals surface area contributed by atoms with Crippen molar-refractivity contribution in [1.29, 1.82) is 0 Å². The van der Waals surface area contributed by atoms with Crippen molar-refractivity contribution in [2.45, 2.75) is 25.9 Å². The van der Waals surface area contributed by atoms with Gasteiger partial charge in [0.25, 0.3) is 5.56 Å². The Morgan fingerprint density at radius 3 is 2.60 bits per heavy atom. The van der Waals surface area contributed by atoms with E-state index in [9.17, 15) is 14.4 Å². The Labute approximate surface area is 172 Å². The minimum atomic E-state index is -0.997. The number of nitrogens with one attached hydrogen (secondary N) is 1. The fraction of sp³-hybridized carbons (Fsp3) is 0.273. The summed E-state index contributed by atoms with van der Waals surface area (Å²) in [4.78, 5) is 44.0. The molecule has 0 saturated carbocycles. The number of carbonyl (C=O) groups excluding carboxylic acids is 2. The summed E-state index contributed by atoms with van der Waals surface area (Å²) in [5, 5.41) is 0.483. The molecule has 0 radical (unpaired) electrons. The standard InChI is InChI=1S/C22H22N2O6/c1-13(21(26)16-9-8-14(28-2)12-18(16)29-3)30-20(25)11-10-19-23-17-7-5-4-6-15(17)22(27)24-19/h4-9,12-13H,10-11H2,1-3H3,(H,23,24,27)/t13-/m1/s1. The second kappa shape index (κ2) is 9.21. The number of rotatable bonds is 8. The van der Waals surface area contributed by atoms with Crippen LogP contribution < -0.4 is 15.0 Å². The largest absolute Gasteiger partial charge is 0.497 e. The quantitative estimate of drug-likeness (QED) is 0.449. The van der Waals surface area contributed by atoms with Gasteiger partial charge in [-0.25, -0.2) is 4.98 Å². The van der Waals surface area contributed by atoms with Crippen LogP contribution in [-0.2, 0) is 16.0 Å². The Morgan fingerprint density at radius 2 is 1.87 bits per heavy atom. The van der Waals surface area contributed by atoms with Gasteiger partial charge >= 0.3 is 5.97 Å². The number of H-pyrrole nitrogens is 1. The minimum absolute atomic E-state index is 0.0291. The highest BCUT2D eigenvalue weighted by atomic mass is 16.5. The van der Waals surface area contributed by atoms with Crippen LogP contribution in [0.4, 0.5) is 0 Å². The summed E-state index contributed by atoms with van der Waals surface area (Å²) in [6, 6.07) is 11.7. The van der Waals surface area contributed by atoms with E-state index in [1.165, 1.54) is 21.1 Å². The number of nitrogens with zero attached hydrogens (tertiary/aromatic N) is 1. The van der Waals surface area contributed by atoms with Crippen LogP contribution in [0.15, 0.2) is 47.3 Å². The van der Waals surface area contributed by atoms with E-state index in [-0.39, 0.29) is 24.2 Å². The van der Waals surface area contributed by atoms with E-state index in [1.54, 1.807) is 42.5 Å². The molecule has 0 aliphatic rings. The zero-order valence-corrected chi connectivity index (χ0v) is 16.9. The number of aromatic amines is 1. The van der Waals surface area contributed by atoms with Gasteiger partial charge in [0.15, 0.2) is 6.10 Å². The molecule has 1 aromatic heterocycles. The molecule has 0 aliphatic heterocycles. The minimum Gasteiger partial charge on any atom is -0.497 e. The lowest BCUT2D eigenvalue weighted by Crippen LogP contribution is -2.25. The molecule has 3 rings (SSSR count).